The van der Waals surface area contributed by atoms with E-state index < -0.39 is 10.0 Å². The molecule has 1 heterocycles. The van der Waals surface area contributed by atoms with Gasteiger partial charge in [0, 0.05) is 17.9 Å². The number of methoxy groups -OCH3 is 2. The van der Waals surface area contributed by atoms with Crippen molar-refractivity contribution < 1.29 is 22.7 Å². The van der Waals surface area contributed by atoms with E-state index in [0.29, 0.717) is 29.3 Å². The molecule has 0 aliphatic rings. The molecule has 3 aromatic rings. The standard InChI is InChI=1S/C20H21N3O5S2/c1-27-15-9-10-17(18(12-15)28-2)22-19(24)11-8-14-13-29-20(21-14)23-30(25,26)16-6-4-3-5-7-16/h3-7,9-10,12-13H,8,11H2,1-2H3,(H,21,23)(H,22,24). The normalized spacial score (nSPS) is 11.0. The number of nitrogens with one attached hydrogen (secondary N) is 2. The number of nitrogens with zero attached hydrogens (tertiary/aromatic N) is 1. The van der Waals surface area contributed by atoms with Crippen LogP contribution in [0.5, 0.6) is 11.5 Å². The number of amides is 1. The predicted octanol–water partition coefficient (Wildman–Crippen LogP) is 3.53. The first-order valence-corrected chi connectivity index (χ1v) is 11.3. The van der Waals surface area contributed by atoms with E-state index in [1.54, 1.807) is 48.9 Å². The average molecular weight is 448 g/mol. The van der Waals surface area contributed by atoms with E-state index >= 15 is 0 Å². The maximum Gasteiger partial charge on any atom is 0.263 e. The number of hydrogen-bond donors (Lipinski definition) is 2. The summed E-state index contributed by atoms with van der Waals surface area (Å²) < 4.78 is 37.6. The summed E-state index contributed by atoms with van der Waals surface area (Å²) in [6.45, 7) is 0. The molecule has 1 amide bonds. The molecule has 0 fully saturated rings. The Balaban J connectivity index is 1.57. The van der Waals surface area contributed by atoms with Gasteiger partial charge in [0.15, 0.2) is 5.13 Å². The Morgan fingerprint density at radius 3 is 2.57 bits per heavy atom. The van der Waals surface area contributed by atoms with Crippen molar-refractivity contribution in [2.24, 2.45) is 0 Å². The lowest BCUT2D eigenvalue weighted by Crippen LogP contribution is -2.14. The highest BCUT2D eigenvalue weighted by Gasteiger charge is 2.16. The molecule has 8 nitrogen and oxygen atoms in total. The molecule has 158 valence electrons. The van der Waals surface area contributed by atoms with E-state index in [9.17, 15) is 13.2 Å². The van der Waals surface area contributed by atoms with E-state index in [4.69, 9.17) is 9.47 Å². The summed E-state index contributed by atoms with van der Waals surface area (Å²) in [7, 11) is -0.629. The second-order valence-corrected chi connectivity index (χ2v) is 8.72. The van der Waals surface area contributed by atoms with E-state index in [-0.39, 0.29) is 22.4 Å². The first-order chi connectivity index (χ1) is 14.4. The lowest BCUT2D eigenvalue weighted by Gasteiger charge is -2.11. The van der Waals surface area contributed by atoms with Gasteiger partial charge in [0.2, 0.25) is 5.91 Å². The van der Waals surface area contributed by atoms with Gasteiger partial charge < -0.3 is 14.8 Å². The van der Waals surface area contributed by atoms with E-state index in [1.807, 2.05) is 0 Å². The number of thiazole rings is 1. The predicted molar refractivity (Wildman–Crippen MR) is 116 cm³/mol. The SMILES string of the molecule is COc1ccc(NC(=O)CCc2csc(NS(=O)(=O)c3ccccc3)n2)c(OC)c1. The van der Waals surface area contributed by atoms with Crippen molar-refractivity contribution in [2.75, 3.05) is 24.3 Å². The van der Waals surface area contributed by atoms with Crippen LogP contribution in [-0.2, 0) is 21.2 Å². The lowest BCUT2D eigenvalue weighted by atomic mass is 10.2. The fraction of sp³-hybridized carbons (Fsp3) is 0.200. The number of aromatic nitrogens is 1. The van der Waals surface area contributed by atoms with Crippen molar-refractivity contribution in [3.63, 3.8) is 0 Å². The Labute approximate surface area is 178 Å². The lowest BCUT2D eigenvalue weighted by molar-refractivity contribution is -0.116. The fourth-order valence-electron chi connectivity index (χ4n) is 2.60. The quantitative estimate of drug-likeness (QED) is 0.520. The number of hydrogen-bond acceptors (Lipinski definition) is 7. The summed E-state index contributed by atoms with van der Waals surface area (Å²) in [5.74, 6) is 0.907. The van der Waals surface area contributed by atoms with Crippen molar-refractivity contribution in [1.29, 1.82) is 0 Å². The fourth-order valence-corrected chi connectivity index (χ4v) is 4.62. The third kappa shape index (κ3) is 5.49. The summed E-state index contributed by atoms with van der Waals surface area (Å²) in [5, 5.41) is 4.78. The number of carbonyl (C=O) groups is 1. The van der Waals surface area contributed by atoms with Crippen LogP contribution in [0.2, 0.25) is 0 Å². The van der Waals surface area contributed by atoms with Gasteiger partial charge in [-0.3, -0.25) is 9.52 Å². The molecule has 0 atom stereocenters. The van der Waals surface area contributed by atoms with E-state index in [2.05, 4.69) is 15.0 Å². The molecule has 0 radical (unpaired) electrons. The number of carbonyl (C=O) groups excluding carboxylic acids is 1. The van der Waals surface area contributed by atoms with Crippen molar-refractivity contribution in [1.82, 2.24) is 4.98 Å². The minimum atomic E-state index is -3.69. The molecule has 3 rings (SSSR count). The molecule has 0 aliphatic heterocycles. The van der Waals surface area contributed by atoms with Crippen LogP contribution in [0.15, 0.2) is 58.8 Å². The minimum absolute atomic E-state index is 0.162. The summed E-state index contributed by atoms with van der Waals surface area (Å²) in [4.78, 5) is 16.7. The number of benzene rings is 2. The van der Waals surface area contributed by atoms with Gasteiger partial charge in [0.25, 0.3) is 10.0 Å². The third-order valence-corrected chi connectivity index (χ3v) is 6.41. The van der Waals surface area contributed by atoms with Crippen molar-refractivity contribution in [2.45, 2.75) is 17.7 Å². The first-order valence-electron chi connectivity index (χ1n) is 8.95. The number of rotatable bonds is 9. The molecular formula is C20H21N3O5S2. The third-order valence-electron chi connectivity index (χ3n) is 4.12. The topological polar surface area (TPSA) is 107 Å². The molecule has 0 unspecified atom stereocenters. The van der Waals surface area contributed by atoms with Gasteiger partial charge in [-0.05, 0) is 30.7 Å². The molecule has 0 bridgehead atoms. The van der Waals surface area contributed by atoms with Crippen molar-refractivity contribution in [3.8, 4) is 11.5 Å². The van der Waals surface area contributed by atoms with E-state index in [1.165, 1.54) is 30.6 Å². The largest absolute Gasteiger partial charge is 0.497 e. The van der Waals surface area contributed by atoms with Gasteiger partial charge in [-0.15, -0.1) is 11.3 Å². The molecular weight excluding hydrogens is 426 g/mol. The Morgan fingerprint density at radius 1 is 1.10 bits per heavy atom. The van der Waals surface area contributed by atoms with E-state index in [0.717, 1.165) is 0 Å². The molecule has 2 aromatic carbocycles. The Morgan fingerprint density at radius 2 is 1.87 bits per heavy atom. The van der Waals surface area contributed by atoms with Crippen LogP contribution in [0.3, 0.4) is 0 Å². The van der Waals surface area contributed by atoms with Gasteiger partial charge in [-0.25, -0.2) is 13.4 Å². The number of ether oxygens (including phenoxy) is 2. The Bertz CT molecular complexity index is 1110. The second kappa shape index (κ2) is 9.59. The van der Waals surface area contributed by atoms with Gasteiger partial charge in [0.05, 0.1) is 30.5 Å². The summed E-state index contributed by atoms with van der Waals surface area (Å²) in [6.07, 6.45) is 0.553. The van der Waals surface area contributed by atoms with Crippen LogP contribution in [0.25, 0.3) is 0 Å². The van der Waals surface area contributed by atoms with Gasteiger partial charge >= 0.3 is 0 Å². The van der Waals surface area contributed by atoms with Crippen molar-refractivity contribution in [3.05, 3.63) is 59.6 Å². The summed E-state index contributed by atoms with van der Waals surface area (Å²) in [6, 6.07) is 13.2. The molecule has 10 heteroatoms. The highest BCUT2D eigenvalue weighted by molar-refractivity contribution is 7.93. The van der Waals surface area contributed by atoms with Crippen LogP contribution in [-0.4, -0.2) is 33.5 Å². The van der Waals surface area contributed by atoms with Crippen LogP contribution < -0.4 is 19.5 Å². The molecule has 0 spiro atoms. The zero-order chi connectivity index (χ0) is 21.6. The Hall–Kier alpha value is -3.11. The van der Waals surface area contributed by atoms with Crippen molar-refractivity contribution >= 4 is 38.1 Å². The van der Waals surface area contributed by atoms with Crippen LogP contribution in [0.4, 0.5) is 10.8 Å². The van der Waals surface area contributed by atoms with Gasteiger partial charge in [-0.2, -0.15) is 0 Å². The molecule has 0 saturated heterocycles. The van der Waals surface area contributed by atoms with Crippen LogP contribution in [0, 0.1) is 0 Å². The number of aryl methyl sites for hydroxylation is 1. The molecule has 2 N–H and O–H groups in total. The zero-order valence-corrected chi connectivity index (χ0v) is 18.0. The number of anilines is 2. The Kier molecular flexibility index (Phi) is 6.91. The monoisotopic (exact) mass is 447 g/mol. The number of sulfonamides is 1. The van der Waals surface area contributed by atoms with Crippen LogP contribution >= 0.6 is 11.3 Å². The maximum absolute atomic E-state index is 12.4. The maximum atomic E-state index is 12.4. The molecule has 0 saturated carbocycles. The van der Waals surface area contributed by atoms with Crippen LogP contribution in [0.1, 0.15) is 12.1 Å². The minimum Gasteiger partial charge on any atom is -0.497 e. The van der Waals surface area contributed by atoms with Gasteiger partial charge in [-0.1, -0.05) is 18.2 Å². The zero-order valence-electron chi connectivity index (χ0n) is 16.4. The molecule has 1 aromatic heterocycles. The highest BCUT2D eigenvalue weighted by Crippen LogP contribution is 2.29. The molecule has 0 aliphatic carbocycles. The molecule has 30 heavy (non-hydrogen) atoms. The highest BCUT2D eigenvalue weighted by atomic mass is 32.2. The summed E-state index contributed by atoms with van der Waals surface area (Å²) in [5.41, 5.74) is 1.17. The first kappa shape index (κ1) is 21.6. The smallest absolute Gasteiger partial charge is 0.263 e. The second-order valence-electron chi connectivity index (χ2n) is 6.18. The van der Waals surface area contributed by atoms with Gasteiger partial charge in [0.1, 0.15) is 11.5 Å². The average Bonchev–Trinajstić information content (AvgIpc) is 3.19. The summed E-state index contributed by atoms with van der Waals surface area (Å²) >= 11 is 1.17.